The number of aryl methyl sites for hydroxylation is 1. The van der Waals surface area contributed by atoms with Crippen molar-refractivity contribution >= 4 is 45.2 Å². The molecule has 1 aliphatic heterocycles. The van der Waals surface area contributed by atoms with E-state index in [1.165, 1.54) is 11.8 Å². The molecule has 7 nitrogen and oxygen atoms in total. The fourth-order valence-corrected chi connectivity index (χ4v) is 4.24. The van der Waals surface area contributed by atoms with Crippen molar-refractivity contribution in [3.05, 3.63) is 52.4 Å². The van der Waals surface area contributed by atoms with Gasteiger partial charge in [0.25, 0.3) is 0 Å². The fourth-order valence-electron chi connectivity index (χ4n) is 3.19. The van der Waals surface area contributed by atoms with Crippen molar-refractivity contribution in [2.45, 2.75) is 13.0 Å². The lowest BCUT2D eigenvalue weighted by atomic mass is 10.1. The summed E-state index contributed by atoms with van der Waals surface area (Å²) in [5.41, 5.74) is 0.724. The third-order valence-corrected chi connectivity index (χ3v) is 6.07. The average molecular weight is 496 g/mol. The van der Waals surface area contributed by atoms with Gasteiger partial charge in [0, 0.05) is 29.8 Å². The highest BCUT2D eigenvalue weighted by Crippen LogP contribution is 2.23. The number of ether oxygens (including phenoxy) is 1. The number of benzene rings is 1. The molecule has 1 saturated heterocycles. The normalized spacial score (nSPS) is 15.5. The predicted molar refractivity (Wildman–Crippen MR) is 122 cm³/mol. The molecule has 2 heterocycles. The number of furan rings is 1. The van der Waals surface area contributed by atoms with Gasteiger partial charge in [0.15, 0.2) is 0 Å². The van der Waals surface area contributed by atoms with Gasteiger partial charge in [0.05, 0.1) is 30.8 Å². The molecule has 1 fully saturated rings. The number of nitrogens with zero attached hydrogens (tertiary/aromatic N) is 1. The van der Waals surface area contributed by atoms with E-state index in [0.29, 0.717) is 19.8 Å². The molecule has 1 unspecified atom stereocenters. The van der Waals surface area contributed by atoms with Gasteiger partial charge in [-0.3, -0.25) is 14.5 Å². The van der Waals surface area contributed by atoms with Gasteiger partial charge >= 0.3 is 0 Å². The van der Waals surface area contributed by atoms with Crippen LogP contribution in [0.5, 0.6) is 0 Å². The molecule has 0 saturated carbocycles. The Labute approximate surface area is 189 Å². The number of halogens is 1. The molecule has 1 aliphatic rings. The predicted octanol–water partition coefficient (Wildman–Crippen LogP) is 3.21. The standard InChI is InChI=1S/C21H26BrN3O4S/c1-15-5-6-19(29-15)18(25-7-9-28-10-8-25)12-23-20(26)13-30-14-21(27)24-17-4-2-3-16(22)11-17/h2-6,11,18H,7-10,12-14H2,1H3,(H,23,26)(H,24,27). The second-order valence-corrected chi connectivity index (χ2v) is 8.87. The summed E-state index contributed by atoms with van der Waals surface area (Å²) in [6, 6.07) is 11.3. The second-order valence-electron chi connectivity index (χ2n) is 6.97. The maximum atomic E-state index is 12.3. The molecule has 2 aromatic rings. The van der Waals surface area contributed by atoms with Gasteiger partial charge in [-0.15, -0.1) is 11.8 Å². The minimum Gasteiger partial charge on any atom is -0.465 e. The zero-order chi connectivity index (χ0) is 21.3. The molecule has 0 radical (unpaired) electrons. The van der Waals surface area contributed by atoms with Crippen molar-refractivity contribution in [1.82, 2.24) is 10.2 Å². The molecule has 1 atom stereocenters. The van der Waals surface area contributed by atoms with Crippen LogP contribution in [0.3, 0.4) is 0 Å². The van der Waals surface area contributed by atoms with Gasteiger partial charge in [-0.2, -0.15) is 0 Å². The summed E-state index contributed by atoms with van der Waals surface area (Å²) in [6.45, 7) is 5.31. The van der Waals surface area contributed by atoms with Gasteiger partial charge < -0.3 is 19.8 Å². The van der Waals surface area contributed by atoms with Gasteiger partial charge in [-0.25, -0.2) is 0 Å². The van der Waals surface area contributed by atoms with Crippen LogP contribution in [0.15, 0.2) is 45.3 Å². The zero-order valence-corrected chi connectivity index (χ0v) is 19.3. The number of hydrogen-bond donors (Lipinski definition) is 2. The Kier molecular flexibility index (Phi) is 8.80. The minimum absolute atomic E-state index is 0.0311. The number of carbonyl (C=O) groups is 2. The highest BCUT2D eigenvalue weighted by atomic mass is 79.9. The third-order valence-electron chi connectivity index (χ3n) is 4.64. The van der Waals surface area contributed by atoms with Crippen LogP contribution in [0.1, 0.15) is 17.6 Å². The lowest BCUT2D eigenvalue weighted by molar-refractivity contribution is -0.119. The van der Waals surface area contributed by atoms with Crippen LogP contribution in [0.4, 0.5) is 5.69 Å². The Hall–Kier alpha value is -1.81. The molecule has 30 heavy (non-hydrogen) atoms. The fraction of sp³-hybridized carbons (Fsp3) is 0.429. The van der Waals surface area contributed by atoms with Crippen LogP contribution in [0, 0.1) is 6.92 Å². The molecule has 162 valence electrons. The monoisotopic (exact) mass is 495 g/mol. The first-order chi connectivity index (χ1) is 14.5. The van der Waals surface area contributed by atoms with E-state index in [1.54, 1.807) is 0 Å². The van der Waals surface area contributed by atoms with E-state index in [9.17, 15) is 9.59 Å². The van der Waals surface area contributed by atoms with Crippen LogP contribution in [0.2, 0.25) is 0 Å². The summed E-state index contributed by atoms with van der Waals surface area (Å²) >= 11 is 4.66. The molecule has 0 spiro atoms. The Balaban J connectivity index is 1.43. The quantitative estimate of drug-likeness (QED) is 0.555. The average Bonchev–Trinajstić information content (AvgIpc) is 3.15. The number of amides is 2. The van der Waals surface area contributed by atoms with E-state index < -0.39 is 0 Å². The first kappa shape index (κ1) is 22.9. The molecule has 2 N–H and O–H groups in total. The summed E-state index contributed by atoms with van der Waals surface area (Å²) in [5, 5.41) is 5.80. The van der Waals surface area contributed by atoms with Crippen LogP contribution in [-0.2, 0) is 14.3 Å². The second kappa shape index (κ2) is 11.5. The first-order valence-corrected chi connectivity index (χ1v) is 11.7. The molecule has 9 heteroatoms. The van der Waals surface area contributed by atoms with Crippen LogP contribution in [-0.4, -0.2) is 61.1 Å². The van der Waals surface area contributed by atoms with Crippen molar-refractivity contribution in [2.24, 2.45) is 0 Å². The molecule has 0 bridgehead atoms. The van der Waals surface area contributed by atoms with Crippen LogP contribution >= 0.6 is 27.7 Å². The number of hydrogen-bond acceptors (Lipinski definition) is 6. The minimum atomic E-state index is -0.136. The summed E-state index contributed by atoms with van der Waals surface area (Å²) in [5.74, 6) is 1.89. The molecule has 3 rings (SSSR count). The number of morpholine rings is 1. The third kappa shape index (κ3) is 7.16. The lowest BCUT2D eigenvalue weighted by Gasteiger charge is -2.33. The number of nitrogens with one attached hydrogen (secondary N) is 2. The van der Waals surface area contributed by atoms with E-state index in [4.69, 9.17) is 9.15 Å². The van der Waals surface area contributed by atoms with E-state index in [-0.39, 0.29) is 29.4 Å². The summed E-state index contributed by atoms with van der Waals surface area (Å²) in [7, 11) is 0. The molecular formula is C21H26BrN3O4S. The molecular weight excluding hydrogens is 470 g/mol. The maximum Gasteiger partial charge on any atom is 0.234 e. The van der Waals surface area contributed by atoms with Crippen molar-refractivity contribution in [3.63, 3.8) is 0 Å². The van der Waals surface area contributed by atoms with E-state index >= 15 is 0 Å². The molecule has 2 amide bonds. The highest BCUT2D eigenvalue weighted by molar-refractivity contribution is 9.10. The zero-order valence-electron chi connectivity index (χ0n) is 16.9. The van der Waals surface area contributed by atoms with Gasteiger partial charge in [-0.1, -0.05) is 22.0 Å². The van der Waals surface area contributed by atoms with Crippen LogP contribution in [0.25, 0.3) is 0 Å². The molecule has 1 aromatic carbocycles. The summed E-state index contributed by atoms with van der Waals surface area (Å²) in [4.78, 5) is 26.6. The number of thioether (sulfide) groups is 1. The molecule has 0 aliphatic carbocycles. The Morgan fingerprint density at radius 2 is 1.93 bits per heavy atom. The van der Waals surface area contributed by atoms with E-state index in [2.05, 4.69) is 31.5 Å². The maximum absolute atomic E-state index is 12.3. The summed E-state index contributed by atoms with van der Waals surface area (Å²) in [6.07, 6.45) is 0. The van der Waals surface area contributed by atoms with E-state index in [0.717, 1.165) is 34.8 Å². The number of carbonyl (C=O) groups excluding carboxylic acids is 2. The Morgan fingerprint density at radius 3 is 2.63 bits per heavy atom. The van der Waals surface area contributed by atoms with Crippen molar-refractivity contribution in [3.8, 4) is 0 Å². The topological polar surface area (TPSA) is 83.8 Å². The van der Waals surface area contributed by atoms with Crippen molar-refractivity contribution in [1.29, 1.82) is 0 Å². The van der Waals surface area contributed by atoms with Crippen LogP contribution < -0.4 is 10.6 Å². The largest absolute Gasteiger partial charge is 0.465 e. The van der Waals surface area contributed by atoms with Gasteiger partial charge in [-0.05, 0) is 37.3 Å². The lowest BCUT2D eigenvalue weighted by Crippen LogP contribution is -2.44. The van der Waals surface area contributed by atoms with Crippen molar-refractivity contribution in [2.75, 3.05) is 49.7 Å². The Morgan fingerprint density at radius 1 is 1.17 bits per heavy atom. The smallest absolute Gasteiger partial charge is 0.234 e. The van der Waals surface area contributed by atoms with Gasteiger partial charge in [0.1, 0.15) is 11.5 Å². The van der Waals surface area contributed by atoms with E-state index in [1.807, 2.05) is 43.3 Å². The SMILES string of the molecule is Cc1ccc(C(CNC(=O)CSCC(=O)Nc2cccc(Br)c2)N2CCOCC2)o1. The molecule has 1 aromatic heterocycles. The summed E-state index contributed by atoms with van der Waals surface area (Å²) < 4.78 is 12.1. The Bertz CT molecular complexity index is 854. The number of rotatable bonds is 9. The van der Waals surface area contributed by atoms with Gasteiger partial charge in [0.2, 0.25) is 11.8 Å². The van der Waals surface area contributed by atoms with Crippen molar-refractivity contribution < 1.29 is 18.7 Å². The number of anilines is 1. The first-order valence-electron chi connectivity index (χ1n) is 9.79. The highest BCUT2D eigenvalue weighted by Gasteiger charge is 2.25.